The van der Waals surface area contributed by atoms with Gasteiger partial charge < -0.3 is 10.1 Å². The molecule has 1 amide bonds. The Balaban J connectivity index is 1.61. The summed E-state index contributed by atoms with van der Waals surface area (Å²) >= 11 is 2.61. The number of thioether (sulfide) groups is 1. The third kappa shape index (κ3) is 4.66. The molecule has 7 nitrogen and oxygen atoms in total. The van der Waals surface area contributed by atoms with Gasteiger partial charge in [-0.25, -0.2) is 0 Å². The fraction of sp³-hybridized carbons (Fsp3) is 0.130. The number of nitrogens with one attached hydrogen (secondary N) is 1. The van der Waals surface area contributed by atoms with Gasteiger partial charge in [0.1, 0.15) is 16.8 Å². The first-order chi connectivity index (χ1) is 15.6. The predicted octanol–water partition coefficient (Wildman–Crippen LogP) is 4.92. The maximum atomic E-state index is 12.5. The van der Waals surface area contributed by atoms with Crippen molar-refractivity contribution in [2.45, 2.75) is 12.1 Å². The minimum Gasteiger partial charge on any atom is -0.497 e. The lowest BCUT2D eigenvalue weighted by Crippen LogP contribution is -2.14. The van der Waals surface area contributed by atoms with Crippen molar-refractivity contribution in [2.75, 3.05) is 18.2 Å². The molecule has 32 heavy (non-hydrogen) atoms. The molecule has 2 aromatic heterocycles. The number of amides is 1. The second-order valence-corrected chi connectivity index (χ2v) is 8.68. The Morgan fingerprint density at radius 2 is 1.91 bits per heavy atom. The number of carbonyl (C=O) groups excluding carboxylic acids is 1. The lowest BCUT2D eigenvalue weighted by molar-refractivity contribution is -0.113. The molecule has 0 radical (unpaired) electrons. The number of benzene rings is 2. The standard InChI is InChI=1S/C23H19N5O2S2/c1-15-3-7-18(8-4-15)28-21(16-5-9-19(30-2)10-6-16)26-27-23(28)32-14-20(29)25-22-17(13-24)11-12-31-22/h3-12H,14H2,1-2H3,(H,25,29). The van der Waals surface area contributed by atoms with Crippen LogP contribution in [0.4, 0.5) is 5.00 Å². The van der Waals surface area contributed by atoms with E-state index in [9.17, 15) is 4.79 Å². The third-order valence-electron chi connectivity index (χ3n) is 4.64. The van der Waals surface area contributed by atoms with Gasteiger partial charge in [-0.05, 0) is 54.8 Å². The van der Waals surface area contributed by atoms with E-state index in [0.717, 1.165) is 22.6 Å². The Kier molecular flexibility index (Phi) is 6.54. The number of nitrogens with zero attached hydrogens (tertiary/aromatic N) is 4. The summed E-state index contributed by atoms with van der Waals surface area (Å²) in [7, 11) is 1.62. The van der Waals surface area contributed by atoms with E-state index >= 15 is 0 Å². The van der Waals surface area contributed by atoms with E-state index in [4.69, 9.17) is 10.00 Å². The van der Waals surface area contributed by atoms with Crippen LogP contribution in [0.5, 0.6) is 5.75 Å². The highest BCUT2D eigenvalue weighted by atomic mass is 32.2. The summed E-state index contributed by atoms with van der Waals surface area (Å²) in [4.78, 5) is 12.5. The number of ether oxygens (including phenoxy) is 1. The smallest absolute Gasteiger partial charge is 0.235 e. The number of carbonyl (C=O) groups is 1. The van der Waals surface area contributed by atoms with Gasteiger partial charge in [0.15, 0.2) is 11.0 Å². The van der Waals surface area contributed by atoms with Gasteiger partial charge in [0.2, 0.25) is 5.91 Å². The SMILES string of the molecule is COc1ccc(-c2nnc(SCC(=O)Nc3sccc3C#N)n2-c2ccc(C)cc2)cc1. The van der Waals surface area contributed by atoms with Crippen LogP contribution < -0.4 is 10.1 Å². The van der Waals surface area contributed by atoms with Gasteiger partial charge in [0.05, 0.1) is 18.4 Å². The van der Waals surface area contributed by atoms with Crippen molar-refractivity contribution in [3.63, 3.8) is 0 Å². The molecule has 160 valence electrons. The quantitative estimate of drug-likeness (QED) is 0.393. The number of thiophene rings is 1. The van der Waals surface area contributed by atoms with Crippen LogP contribution in [-0.4, -0.2) is 33.5 Å². The molecule has 0 saturated carbocycles. The van der Waals surface area contributed by atoms with Crippen molar-refractivity contribution in [1.82, 2.24) is 14.8 Å². The van der Waals surface area contributed by atoms with Crippen LogP contribution in [0.15, 0.2) is 65.1 Å². The summed E-state index contributed by atoms with van der Waals surface area (Å²) in [6, 6.07) is 19.4. The summed E-state index contributed by atoms with van der Waals surface area (Å²) in [5, 5.41) is 23.6. The topological polar surface area (TPSA) is 92.8 Å². The molecule has 0 bridgehead atoms. The average molecular weight is 462 g/mol. The van der Waals surface area contributed by atoms with Gasteiger partial charge in [-0.2, -0.15) is 5.26 Å². The fourth-order valence-corrected chi connectivity index (χ4v) is 4.51. The number of nitriles is 1. The third-order valence-corrected chi connectivity index (χ3v) is 6.40. The van der Waals surface area contributed by atoms with E-state index in [1.54, 1.807) is 18.6 Å². The fourth-order valence-electron chi connectivity index (χ4n) is 3.00. The lowest BCUT2D eigenvalue weighted by Gasteiger charge is -2.11. The second-order valence-electron chi connectivity index (χ2n) is 6.82. The zero-order chi connectivity index (χ0) is 22.5. The zero-order valence-electron chi connectivity index (χ0n) is 17.4. The number of hydrogen-bond donors (Lipinski definition) is 1. The van der Waals surface area contributed by atoms with E-state index in [1.807, 2.05) is 60.0 Å². The molecule has 0 fully saturated rings. The van der Waals surface area contributed by atoms with Crippen LogP contribution in [0.25, 0.3) is 17.1 Å². The van der Waals surface area contributed by atoms with E-state index in [1.165, 1.54) is 23.1 Å². The van der Waals surface area contributed by atoms with Gasteiger partial charge in [-0.1, -0.05) is 29.5 Å². The molecule has 2 aromatic carbocycles. The summed E-state index contributed by atoms with van der Waals surface area (Å²) in [5.74, 6) is 1.35. The van der Waals surface area contributed by atoms with Gasteiger partial charge in [0, 0.05) is 11.3 Å². The highest BCUT2D eigenvalue weighted by molar-refractivity contribution is 7.99. The van der Waals surface area contributed by atoms with Gasteiger partial charge in [-0.3, -0.25) is 9.36 Å². The Morgan fingerprint density at radius 1 is 1.16 bits per heavy atom. The van der Waals surface area contributed by atoms with E-state index < -0.39 is 0 Å². The van der Waals surface area contributed by atoms with Crippen LogP contribution in [-0.2, 0) is 4.79 Å². The van der Waals surface area contributed by atoms with E-state index in [2.05, 4.69) is 21.6 Å². The molecule has 0 aliphatic rings. The molecule has 0 atom stereocenters. The first-order valence-electron chi connectivity index (χ1n) is 9.66. The van der Waals surface area contributed by atoms with Crippen molar-refractivity contribution in [2.24, 2.45) is 0 Å². The number of aryl methyl sites for hydroxylation is 1. The normalized spacial score (nSPS) is 10.5. The van der Waals surface area contributed by atoms with Crippen LogP contribution in [0.1, 0.15) is 11.1 Å². The maximum Gasteiger partial charge on any atom is 0.235 e. The van der Waals surface area contributed by atoms with Crippen LogP contribution >= 0.6 is 23.1 Å². The largest absolute Gasteiger partial charge is 0.497 e. The highest BCUT2D eigenvalue weighted by Crippen LogP contribution is 2.29. The molecular formula is C23H19N5O2S2. The van der Waals surface area contributed by atoms with Crippen molar-refractivity contribution in [1.29, 1.82) is 5.26 Å². The van der Waals surface area contributed by atoms with Crippen molar-refractivity contribution in [3.05, 3.63) is 71.1 Å². The van der Waals surface area contributed by atoms with Crippen LogP contribution in [0, 0.1) is 18.3 Å². The molecule has 9 heteroatoms. The number of rotatable bonds is 7. The number of methoxy groups -OCH3 is 1. The molecule has 2 heterocycles. The van der Waals surface area contributed by atoms with E-state index in [0.29, 0.717) is 21.5 Å². The van der Waals surface area contributed by atoms with Crippen molar-refractivity contribution < 1.29 is 9.53 Å². The molecule has 4 aromatic rings. The lowest BCUT2D eigenvalue weighted by atomic mass is 10.2. The summed E-state index contributed by atoms with van der Waals surface area (Å²) in [6.07, 6.45) is 0. The molecule has 0 spiro atoms. The highest BCUT2D eigenvalue weighted by Gasteiger charge is 2.18. The average Bonchev–Trinajstić information content (AvgIpc) is 3.45. The molecule has 4 rings (SSSR count). The molecule has 0 aliphatic heterocycles. The van der Waals surface area contributed by atoms with Gasteiger partial charge in [0.25, 0.3) is 0 Å². The Morgan fingerprint density at radius 3 is 2.59 bits per heavy atom. The van der Waals surface area contributed by atoms with E-state index in [-0.39, 0.29) is 11.7 Å². The van der Waals surface area contributed by atoms with Crippen LogP contribution in [0.2, 0.25) is 0 Å². The molecule has 0 unspecified atom stereocenters. The second kappa shape index (κ2) is 9.68. The Bertz CT molecular complexity index is 1270. The van der Waals surface area contributed by atoms with Crippen LogP contribution in [0.3, 0.4) is 0 Å². The summed E-state index contributed by atoms with van der Waals surface area (Å²) in [5.41, 5.74) is 3.38. The minimum atomic E-state index is -0.210. The maximum absolute atomic E-state index is 12.5. The predicted molar refractivity (Wildman–Crippen MR) is 126 cm³/mol. The summed E-state index contributed by atoms with van der Waals surface area (Å²) < 4.78 is 7.19. The number of aromatic nitrogens is 3. The Labute approximate surface area is 193 Å². The molecular weight excluding hydrogens is 442 g/mol. The zero-order valence-corrected chi connectivity index (χ0v) is 19.0. The molecule has 0 aliphatic carbocycles. The molecule has 0 saturated heterocycles. The first-order valence-corrected chi connectivity index (χ1v) is 11.5. The number of hydrogen-bond acceptors (Lipinski definition) is 7. The minimum absolute atomic E-state index is 0.134. The van der Waals surface area contributed by atoms with Gasteiger partial charge >= 0.3 is 0 Å². The Hall–Kier alpha value is -3.61. The summed E-state index contributed by atoms with van der Waals surface area (Å²) in [6.45, 7) is 2.03. The molecule has 1 N–H and O–H groups in total. The first kappa shape index (κ1) is 21.6. The monoisotopic (exact) mass is 461 g/mol. The van der Waals surface area contributed by atoms with Crippen molar-refractivity contribution in [3.8, 4) is 28.9 Å². The van der Waals surface area contributed by atoms with Crippen molar-refractivity contribution >= 4 is 34.0 Å². The van der Waals surface area contributed by atoms with Gasteiger partial charge in [-0.15, -0.1) is 21.5 Å². The number of anilines is 1.